The van der Waals surface area contributed by atoms with Crippen LogP contribution >= 0.6 is 0 Å². The molecule has 5 heteroatoms. The average molecular weight is 296 g/mol. The molecule has 22 heavy (non-hydrogen) atoms. The molecule has 5 nitrogen and oxygen atoms in total. The standard InChI is InChI=1S/C17H16N2O3/c1-12(20)15-5-9-17(10-6-15)19-18-16-7-3-14(4-8-16)11-22-13(2)21/h3-10H,11H2,1-2H3. The smallest absolute Gasteiger partial charge is 0.302 e. The monoisotopic (exact) mass is 296 g/mol. The van der Waals surface area contributed by atoms with Crippen molar-refractivity contribution < 1.29 is 14.3 Å². The summed E-state index contributed by atoms with van der Waals surface area (Å²) in [7, 11) is 0. The number of esters is 1. The van der Waals surface area contributed by atoms with Gasteiger partial charge in [-0.25, -0.2) is 0 Å². The van der Waals surface area contributed by atoms with Crippen LogP contribution < -0.4 is 0 Å². The van der Waals surface area contributed by atoms with E-state index in [2.05, 4.69) is 10.2 Å². The Morgan fingerprint density at radius 2 is 1.36 bits per heavy atom. The first-order valence-electron chi connectivity index (χ1n) is 6.79. The summed E-state index contributed by atoms with van der Waals surface area (Å²) in [5, 5.41) is 8.23. The van der Waals surface area contributed by atoms with Crippen molar-refractivity contribution in [1.29, 1.82) is 0 Å². The number of Topliss-reactive ketones (excluding diaryl/α,β-unsaturated/α-hetero) is 1. The van der Waals surface area contributed by atoms with Crippen molar-refractivity contribution >= 4 is 23.1 Å². The highest BCUT2D eigenvalue weighted by atomic mass is 16.5. The molecule has 0 saturated heterocycles. The zero-order valence-corrected chi connectivity index (χ0v) is 12.4. The molecule has 2 rings (SSSR count). The van der Waals surface area contributed by atoms with Crippen LogP contribution in [-0.2, 0) is 16.1 Å². The molecule has 0 saturated carbocycles. The van der Waals surface area contributed by atoms with Gasteiger partial charge in [0.25, 0.3) is 0 Å². The molecule has 112 valence electrons. The number of carbonyl (C=O) groups excluding carboxylic acids is 2. The number of nitrogens with zero attached hydrogens (tertiary/aromatic N) is 2. The Morgan fingerprint density at radius 3 is 1.82 bits per heavy atom. The molecular formula is C17H16N2O3. The van der Waals surface area contributed by atoms with Crippen LogP contribution in [0.4, 0.5) is 11.4 Å². The minimum atomic E-state index is -0.308. The highest BCUT2D eigenvalue weighted by Gasteiger charge is 1.99. The third-order valence-corrected chi connectivity index (χ3v) is 2.93. The Morgan fingerprint density at radius 1 is 0.864 bits per heavy atom. The van der Waals surface area contributed by atoms with E-state index in [1.54, 1.807) is 36.4 Å². The van der Waals surface area contributed by atoms with Crippen LogP contribution in [0.3, 0.4) is 0 Å². The van der Waals surface area contributed by atoms with E-state index in [1.807, 2.05) is 12.1 Å². The van der Waals surface area contributed by atoms with Gasteiger partial charge < -0.3 is 4.74 Å². The predicted molar refractivity (Wildman–Crippen MR) is 82.5 cm³/mol. The molecule has 2 aromatic carbocycles. The zero-order chi connectivity index (χ0) is 15.9. The molecule has 0 aliphatic heterocycles. The molecule has 0 aliphatic rings. The van der Waals surface area contributed by atoms with Gasteiger partial charge in [-0.3, -0.25) is 9.59 Å². The van der Waals surface area contributed by atoms with Crippen LogP contribution in [0.2, 0.25) is 0 Å². The maximum Gasteiger partial charge on any atom is 0.302 e. The Labute approximate surface area is 128 Å². The van der Waals surface area contributed by atoms with Crippen LogP contribution in [0, 0.1) is 0 Å². The highest BCUT2D eigenvalue weighted by Crippen LogP contribution is 2.19. The van der Waals surface area contributed by atoms with E-state index < -0.39 is 0 Å². The zero-order valence-electron chi connectivity index (χ0n) is 12.4. The molecule has 2 aromatic rings. The second kappa shape index (κ2) is 7.26. The first kappa shape index (κ1) is 15.6. The van der Waals surface area contributed by atoms with Crippen molar-refractivity contribution in [1.82, 2.24) is 0 Å². The van der Waals surface area contributed by atoms with Crippen LogP contribution in [0.25, 0.3) is 0 Å². The van der Waals surface area contributed by atoms with Gasteiger partial charge in [0.05, 0.1) is 11.4 Å². The predicted octanol–water partition coefficient (Wildman–Crippen LogP) is 4.37. The number of rotatable bonds is 5. The van der Waals surface area contributed by atoms with Gasteiger partial charge in [0.15, 0.2) is 5.78 Å². The maximum atomic E-state index is 11.2. The fourth-order valence-corrected chi connectivity index (χ4v) is 1.72. The molecule has 0 aromatic heterocycles. The SMILES string of the molecule is CC(=O)OCc1ccc(N=Nc2ccc(C(C)=O)cc2)cc1. The quantitative estimate of drug-likeness (QED) is 0.467. The summed E-state index contributed by atoms with van der Waals surface area (Å²) in [5.74, 6) is -0.287. The van der Waals surface area contributed by atoms with E-state index in [1.165, 1.54) is 13.8 Å². The minimum Gasteiger partial charge on any atom is -0.461 e. The lowest BCUT2D eigenvalue weighted by Crippen LogP contribution is -1.98. The summed E-state index contributed by atoms with van der Waals surface area (Å²) in [6.45, 7) is 3.15. The number of hydrogen-bond acceptors (Lipinski definition) is 5. The van der Waals surface area contributed by atoms with E-state index in [4.69, 9.17) is 4.74 Å². The fraction of sp³-hybridized carbons (Fsp3) is 0.176. The van der Waals surface area contributed by atoms with Crippen molar-refractivity contribution in [3.63, 3.8) is 0 Å². The van der Waals surface area contributed by atoms with Crippen molar-refractivity contribution in [2.75, 3.05) is 0 Å². The minimum absolute atomic E-state index is 0.0202. The second-order valence-corrected chi connectivity index (χ2v) is 4.75. The number of ketones is 1. The number of azo groups is 1. The number of carbonyl (C=O) groups is 2. The summed E-state index contributed by atoms with van der Waals surface area (Å²) in [6.07, 6.45) is 0. The number of hydrogen-bond donors (Lipinski definition) is 0. The summed E-state index contributed by atoms with van der Waals surface area (Å²) in [5.41, 5.74) is 2.91. The van der Waals surface area contributed by atoms with Gasteiger partial charge in [-0.2, -0.15) is 10.2 Å². The summed E-state index contributed by atoms with van der Waals surface area (Å²) in [6, 6.07) is 14.2. The molecule has 0 N–H and O–H groups in total. The summed E-state index contributed by atoms with van der Waals surface area (Å²) >= 11 is 0. The fourth-order valence-electron chi connectivity index (χ4n) is 1.72. The van der Waals surface area contributed by atoms with Crippen molar-refractivity contribution in [3.8, 4) is 0 Å². The Balaban J connectivity index is 2.00. The molecule has 0 fully saturated rings. The van der Waals surface area contributed by atoms with Gasteiger partial charge in [0, 0.05) is 12.5 Å². The third-order valence-electron chi connectivity index (χ3n) is 2.93. The first-order chi connectivity index (χ1) is 10.5. The van der Waals surface area contributed by atoms with Crippen molar-refractivity contribution in [3.05, 3.63) is 59.7 Å². The molecule has 0 spiro atoms. The lowest BCUT2D eigenvalue weighted by molar-refractivity contribution is -0.142. The average Bonchev–Trinajstić information content (AvgIpc) is 2.52. The lowest BCUT2D eigenvalue weighted by Gasteiger charge is -2.01. The Bertz CT molecular complexity index is 689. The Kier molecular flexibility index (Phi) is 5.14. The third kappa shape index (κ3) is 4.63. The van der Waals surface area contributed by atoms with E-state index in [9.17, 15) is 9.59 Å². The normalized spacial score (nSPS) is 10.6. The van der Waals surface area contributed by atoms with Gasteiger partial charge in [0.2, 0.25) is 0 Å². The molecule has 0 radical (unpaired) electrons. The molecule has 0 atom stereocenters. The van der Waals surface area contributed by atoms with Crippen molar-refractivity contribution in [2.24, 2.45) is 10.2 Å². The topological polar surface area (TPSA) is 68.1 Å². The van der Waals surface area contributed by atoms with E-state index in [-0.39, 0.29) is 18.4 Å². The van der Waals surface area contributed by atoms with Gasteiger partial charge in [-0.05, 0) is 48.9 Å². The van der Waals surface area contributed by atoms with Gasteiger partial charge >= 0.3 is 5.97 Å². The molecule has 0 heterocycles. The van der Waals surface area contributed by atoms with Crippen LogP contribution in [-0.4, -0.2) is 11.8 Å². The van der Waals surface area contributed by atoms with E-state index in [0.717, 1.165) is 5.56 Å². The van der Waals surface area contributed by atoms with Crippen LogP contribution in [0.5, 0.6) is 0 Å². The molecule has 0 amide bonds. The number of benzene rings is 2. The molecule has 0 aliphatic carbocycles. The number of ether oxygens (including phenoxy) is 1. The van der Waals surface area contributed by atoms with E-state index >= 15 is 0 Å². The summed E-state index contributed by atoms with van der Waals surface area (Å²) < 4.78 is 4.91. The summed E-state index contributed by atoms with van der Waals surface area (Å²) in [4.78, 5) is 21.9. The Hall–Kier alpha value is -2.82. The van der Waals surface area contributed by atoms with E-state index in [0.29, 0.717) is 16.9 Å². The first-order valence-corrected chi connectivity index (χ1v) is 6.79. The molecular weight excluding hydrogens is 280 g/mol. The van der Waals surface area contributed by atoms with Gasteiger partial charge in [0.1, 0.15) is 6.61 Å². The van der Waals surface area contributed by atoms with Crippen molar-refractivity contribution in [2.45, 2.75) is 20.5 Å². The van der Waals surface area contributed by atoms with Gasteiger partial charge in [-0.15, -0.1) is 0 Å². The molecule has 0 bridgehead atoms. The highest BCUT2D eigenvalue weighted by molar-refractivity contribution is 5.94. The lowest BCUT2D eigenvalue weighted by atomic mass is 10.1. The van der Waals surface area contributed by atoms with Crippen LogP contribution in [0.1, 0.15) is 29.8 Å². The molecule has 0 unspecified atom stereocenters. The second-order valence-electron chi connectivity index (χ2n) is 4.75. The van der Waals surface area contributed by atoms with Gasteiger partial charge in [-0.1, -0.05) is 12.1 Å². The largest absolute Gasteiger partial charge is 0.461 e. The maximum absolute atomic E-state index is 11.2. The van der Waals surface area contributed by atoms with Crippen LogP contribution in [0.15, 0.2) is 58.8 Å².